The van der Waals surface area contributed by atoms with E-state index in [1.807, 2.05) is 29.9 Å². The summed E-state index contributed by atoms with van der Waals surface area (Å²) in [5, 5.41) is 0. The van der Waals surface area contributed by atoms with Crippen molar-refractivity contribution in [3.8, 4) is 5.75 Å². The monoisotopic (exact) mass is 623 g/mol. The number of hydrogen-bond donors (Lipinski definition) is 0. The lowest BCUT2D eigenvalue weighted by Gasteiger charge is -2.22. The molecular formula is C15H16F6IN3O5S2. The highest BCUT2D eigenvalue weighted by Crippen LogP contribution is 2.36. The van der Waals surface area contributed by atoms with Gasteiger partial charge < -0.3 is 8.86 Å². The lowest BCUT2D eigenvalue weighted by molar-refractivity contribution is -0.671. The zero-order chi connectivity index (χ0) is 24.8. The van der Waals surface area contributed by atoms with Gasteiger partial charge in [0, 0.05) is 9.99 Å². The number of nitrogens with zero attached hydrogens (tertiary/aromatic N) is 3. The molecule has 0 aliphatic heterocycles. The van der Waals surface area contributed by atoms with Gasteiger partial charge >= 0.3 is 11.0 Å². The molecule has 0 aliphatic carbocycles. The Bertz CT molecular complexity index is 1040. The van der Waals surface area contributed by atoms with E-state index in [0.717, 1.165) is 29.4 Å². The highest BCUT2D eigenvalue weighted by atomic mass is 127. The molecule has 0 N–H and O–H groups in total. The van der Waals surface area contributed by atoms with Crippen molar-refractivity contribution in [2.75, 3.05) is 6.61 Å². The summed E-state index contributed by atoms with van der Waals surface area (Å²) in [7, 11) is -11.4. The first-order valence-corrected chi connectivity index (χ1v) is 12.2. The third-order valence-electron chi connectivity index (χ3n) is 3.25. The Labute approximate surface area is 193 Å². The quantitative estimate of drug-likeness (QED) is 0.204. The van der Waals surface area contributed by atoms with E-state index in [2.05, 4.69) is 51.8 Å². The van der Waals surface area contributed by atoms with Gasteiger partial charge in [0.2, 0.25) is 6.33 Å². The molecule has 0 unspecified atom stereocenters. The van der Waals surface area contributed by atoms with Crippen LogP contribution < -0.4 is 9.30 Å². The Morgan fingerprint density at radius 2 is 1.50 bits per heavy atom. The smallest absolute Gasteiger partial charge is 0.480 e. The molecule has 0 radical (unpaired) electrons. The molecule has 17 heteroatoms. The van der Waals surface area contributed by atoms with Crippen molar-refractivity contribution in [2.45, 2.75) is 24.0 Å². The molecule has 2 rings (SSSR count). The van der Waals surface area contributed by atoms with E-state index in [4.69, 9.17) is 4.74 Å². The minimum absolute atomic E-state index is 0.752. The maximum Gasteiger partial charge on any atom is 0.480 e. The van der Waals surface area contributed by atoms with Crippen molar-refractivity contribution in [3.05, 3.63) is 50.7 Å². The van der Waals surface area contributed by atoms with Crippen molar-refractivity contribution < 1.29 is 52.5 Å². The van der Waals surface area contributed by atoms with Crippen LogP contribution in [0.1, 0.15) is 6.42 Å². The molecule has 1 heterocycles. The van der Waals surface area contributed by atoms with Crippen LogP contribution in [0, 0.1) is 3.57 Å². The number of ether oxygens (including phenoxy) is 1. The maximum absolute atomic E-state index is 11.4. The summed E-state index contributed by atoms with van der Waals surface area (Å²) in [5.74, 6) is 0.948. The normalized spacial score (nSPS) is 12.8. The van der Waals surface area contributed by atoms with E-state index >= 15 is 0 Å². The minimum Gasteiger partial charge on any atom is -0.493 e. The SMILES string of the molecule is C[n+]1ccn(CCCOc2ccc(I)cc2)c1.O=S(=O)([N-]S(=O)(=O)C(F)(F)F)C(F)(F)F. The fourth-order valence-electron chi connectivity index (χ4n) is 1.82. The van der Waals surface area contributed by atoms with Gasteiger partial charge in [-0.25, -0.2) is 26.0 Å². The van der Waals surface area contributed by atoms with E-state index in [0.29, 0.717) is 0 Å². The highest BCUT2D eigenvalue weighted by Gasteiger charge is 2.46. The largest absolute Gasteiger partial charge is 0.493 e. The number of rotatable bonds is 7. The molecule has 0 spiro atoms. The van der Waals surface area contributed by atoms with Crippen LogP contribution in [0.2, 0.25) is 0 Å². The Balaban J connectivity index is 0.000000324. The Hall–Kier alpha value is -1.60. The van der Waals surface area contributed by atoms with Crippen LogP contribution in [0.5, 0.6) is 5.75 Å². The van der Waals surface area contributed by atoms with Gasteiger partial charge in [-0.3, -0.25) is 0 Å². The number of sulfonamides is 2. The molecule has 0 saturated heterocycles. The molecule has 1 aromatic heterocycles. The zero-order valence-electron chi connectivity index (χ0n) is 16.0. The number of halogens is 7. The molecule has 182 valence electrons. The second-order valence-corrected chi connectivity index (χ2v) is 10.6. The van der Waals surface area contributed by atoms with Crippen LogP contribution in [0.4, 0.5) is 26.3 Å². The first kappa shape index (κ1) is 28.4. The van der Waals surface area contributed by atoms with Gasteiger partial charge in [-0.1, -0.05) is 0 Å². The topological polar surface area (TPSA) is 100 Å². The third-order valence-corrected chi connectivity index (χ3v) is 6.71. The second-order valence-electron chi connectivity index (χ2n) is 5.89. The van der Waals surface area contributed by atoms with Crippen LogP contribution >= 0.6 is 22.6 Å². The van der Waals surface area contributed by atoms with Crippen molar-refractivity contribution in [2.24, 2.45) is 7.05 Å². The molecule has 8 nitrogen and oxygen atoms in total. The Kier molecular flexibility index (Phi) is 9.79. The fourth-order valence-corrected chi connectivity index (χ4v) is 3.88. The van der Waals surface area contributed by atoms with Crippen LogP contribution in [0.25, 0.3) is 4.13 Å². The van der Waals surface area contributed by atoms with E-state index in [1.54, 1.807) is 0 Å². The Morgan fingerprint density at radius 3 is 1.91 bits per heavy atom. The third kappa shape index (κ3) is 9.10. The summed E-state index contributed by atoms with van der Waals surface area (Å²) in [6.45, 7) is 1.74. The minimum atomic E-state index is -6.72. The molecule has 0 bridgehead atoms. The summed E-state index contributed by atoms with van der Waals surface area (Å²) in [5.41, 5.74) is -12.4. The predicted octanol–water partition coefficient (Wildman–Crippen LogP) is 3.45. The fraction of sp³-hybridized carbons (Fsp3) is 0.400. The number of alkyl halides is 6. The standard InChI is InChI=1S/C13H16IN2O.C2F6NO4S2/c1-15-8-9-16(11-15)7-2-10-17-13-5-3-12(14)4-6-13;3-1(4,5)14(10,11)9-15(12,13)2(6,7)8/h3-6,8-9,11H,2,7,10H2,1H3;/q+1;-1. The average molecular weight is 623 g/mol. The summed E-state index contributed by atoms with van der Waals surface area (Å²) < 4.78 is 120. The van der Waals surface area contributed by atoms with Crippen molar-refractivity contribution in [3.63, 3.8) is 0 Å². The first-order valence-electron chi connectivity index (χ1n) is 8.21. The summed E-state index contributed by atoms with van der Waals surface area (Å²) >= 11 is 2.29. The number of aryl methyl sites for hydroxylation is 2. The molecular weight excluding hydrogens is 607 g/mol. The van der Waals surface area contributed by atoms with Crippen molar-refractivity contribution >= 4 is 42.6 Å². The molecule has 1 aromatic carbocycles. The lowest BCUT2D eigenvalue weighted by Crippen LogP contribution is -2.30. The first-order chi connectivity index (χ1) is 14.4. The van der Waals surface area contributed by atoms with Gasteiger partial charge in [0.1, 0.15) is 18.1 Å². The molecule has 32 heavy (non-hydrogen) atoms. The van der Waals surface area contributed by atoms with E-state index < -0.39 is 31.1 Å². The van der Waals surface area contributed by atoms with Crippen LogP contribution in [0.15, 0.2) is 43.0 Å². The van der Waals surface area contributed by atoms with E-state index in [1.165, 1.54) is 3.57 Å². The van der Waals surface area contributed by atoms with Crippen molar-refractivity contribution in [1.29, 1.82) is 0 Å². The van der Waals surface area contributed by atoms with Crippen LogP contribution in [-0.4, -0.2) is 39.0 Å². The maximum atomic E-state index is 11.4. The number of imidazole rings is 1. The number of hydrogen-bond acceptors (Lipinski definition) is 5. The zero-order valence-corrected chi connectivity index (χ0v) is 19.8. The van der Waals surface area contributed by atoms with Gasteiger partial charge in [0.05, 0.1) is 20.2 Å². The predicted molar refractivity (Wildman–Crippen MR) is 108 cm³/mol. The summed E-state index contributed by atoms with van der Waals surface area (Å²) in [6, 6.07) is 8.14. The molecule has 2 aromatic rings. The lowest BCUT2D eigenvalue weighted by atomic mass is 10.3. The second kappa shape index (κ2) is 11.0. The molecule has 0 fully saturated rings. The summed E-state index contributed by atoms with van der Waals surface area (Å²) in [6.07, 6.45) is 7.20. The van der Waals surface area contributed by atoms with Crippen LogP contribution in [0.3, 0.4) is 0 Å². The van der Waals surface area contributed by atoms with Gasteiger partial charge in [0.25, 0.3) is 0 Å². The Morgan fingerprint density at radius 1 is 1.00 bits per heavy atom. The van der Waals surface area contributed by atoms with Crippen molar-refractivity contribution in [1.82, 2.24) is 4.57 Å². The van der Waals surface area contributed by atoms with E-state index in [-0.39, 0.29) is 0 Å². The van der Waals surface area contributed by atoms with Crippen LogP contribution in [-0.2, 0) is 33.6 Å². The average Bonchev–Trinajstić information content (AvgIpc) is 3.03. The molecule has 0 saturated carbocycles. The summed E-state index contributed by atoms with van der Waals surface area (Å²) in [4.78, 5) is 0. The van der Waals surface area contributed by atoms with E-state index in [9.17, 15) is 43.2 Å². The van der Waals surface area contributed by atoms with Gasteiger partial charge in [-0.2, -0.15) is 26.3 Å². The van der Waals surface area contributed by atoms with Gasteiger partial charge in [-0.15, -0.1) is 0 Å². The number of aromatic nitrogens is 2. The van der Waals surface area contributed by atoms with Gasteiger partial charge in [0.15, 0.2) is 20.0 Å². The number of benzene rings is 1. The van der Waals surface area contributed by atoms with Gasteiger partial charge in [-0.05, 0) is 46.9 Å². The molecule has 0 aliphatic rings. The molecule has 0 amide bonds. The highest BCUT2D eigenvalue weighted by molar-refractivity contribution is 14.1. The molecule has 0 atom stereocenters.